The van der Waals surface area contributed by atoms with E-state index in [4.69, 9.17) is 5.11 Å². The predicted octanol–water partition coefficient (Wildman–Crippen LogP) is 1.97. The van der Waals surface area contributed by atoms with Crippen LogP contribution < -0.4 is 0 Å². The molecule has 1 heterocycles. The monoisotopic (exact) mass is 199 g/mol. The summed E-state index contributed by atoms with van der Waals surface area (Å²) < 4.78 is 0. The van der Waals surface area contributed by atoms with Crippen molar-refractivity contribution in [1.82, 2.24) is 4.90 Å². The lowest BCUT2D eigenvalue weighted by Crippen LogP contribution is -2.57. The molecule has 0 saturated carbocycles. The molecule has 0 bridgehead atoms. The van der Waals surface area contributed by atoms with Crippen molar-refractivity contribution in [3.05, 3.63) is 0 Å². The van der Waals surface area contributed by atoms with Crippen LogP contribution in [0, 0.1) is 5.92 Å². The molecule has 1 aliphatic rings. The molecule has 3 nitrogen and oxygen atoms in total. The minimum Gasteiger partial charge on any atom is -0.481 e. The van der Waals surface area contributed by atoms with Gasteiger partial charge in [-0.2, -0.15) is 0 Å². The maximum atomic E-state index is 10.5. The molecule has 0 unspecified atom stereocenters. The molecule has 1 N–H and O–H groups in total. The molecule has 1 saturated heterocycles. The average molecular weight is 199 g/mol. The molecule has 82 valence electrons. The van der Waals surface area contributed by atoms with Gasteiger partial charge >= 0.3 is 5.97 Å². The third-order valence-corrected chi connectivity index (χ3v) is 3.34. The van der Waals surface area contributed by atoms with E-state index in [9.17, 15) is 4.79 Å². The van der Waals surface area contributed by atoms with Gasteiger partial charge in [0.1, 0.15) is 0 Å². The van der Waals surface area contributed by atoms with E-state index in [0.717, 1.165) is 25.4 Å². The standard InChI is InChI=1S/C11H21NO2/c1-4-9-7-12(8-9)11(2,3)6-5-10(13)14/h9H,4-8H2,1-3H3,(H,13,14). The molecule has 3 heteroatoms. The van der Waals surface area contributed by atoms with Crippen molar-refractivity contribution in [2.24, 2.45) is 5.92 Å². The fourth-order valence-corrected chi connectivity index (χ4v) is 1.89. The van der Waals surface area contributed by atoms with Crippen LogP contribution in [0.2, 0.25) is 0 Å². The molecule has 1 rings (SSSR count). The number of carboxylic acid groups (broad SMARTS) is 1. The number of likely N-dealkylation sites (tertiary alicyclic amines) is 1. The van der Waals surface area contributed by atoms with Gasteiger partial charge in [0.15, 0.2) is 0 Å². The van der Waals surface area contributed by atoms with Crippen LogP contribution in [-0.4, -0.2) is 34.6 Å². The van der Waals surface area contributed by atoms with Crippen LogP contribution in [0.15, 0.2) is 0 Å². The third kappa shape index (κ3) is 2.71. The molecule has 1 aliphatic heterocycles. The first-order valence-corrected chi connectivity index (χ1v) is 5.42. The molecular weight excluding hydrogens is 178 g/mol. The van der Waals surface area contributed by atoms with Crippen molar-refractivity contribution in [3.63, 3.8) is 0 Å². The highest BCUT2D eigenvalue weighted by molar-refractivity contribution is 5.66. The Morgan fingerprint density at radius 1 is 1.50 bits per heavy atom. The average Bonchev–Trinajstić information content (AvgIpc) is 1.99. The Kier molecular flexibility index (Phi) is 3.53. The summed E-state index contributed by atoms with van der Waals surface area (Å²) in [6.07, 6.45) is 2.27. The summed E-state index contributed by atoms with van der Waals surface area (Å²) in [5, 5.41) is 8.63. The van der Waals surface area contributed by atoms with Crippen molar-refractivity contribution in [2.75, 3.05) is 13.1 Å². The van der Waals surface area contributed by atoms with Gasteiger partial charge in [0, 0.05) is 25.0 Å². The van der Waals surface area contributed by atoms with Gasteiger partial charge in [0.25, 0.3) is 0 Å². The maximum Gasteiger partial charge on any atom is 0.303 e. The largest absolute Gasteiger partial charge is 0.481 e. The molecule has 1 fully saturated rings. The molecule has 0 aromatic rings. The lowest BCUT2D eigenvalue weighted by molar-refractivity contribution is -0.138. The number of hydrogen-bond donors (Lipinski definition) is 1. The van der Waals surface area contributed by atoms with Gasteiger partial charge in [-0.3, -0.25) is 9.69 Å². The van der Waals surface area contributed by atoms with Crippen molar-refractivity contribution >= 4 is 5.97 Å². The Morgan fingerprint density at radius 2 is 2.07 bits per heavy atom. The zero-order valence-electron chi connectivity index (χ0n) is 9.42. The van der Waals surface area contributed by atoms with Gasteiger partial charge in [0.05, 0.1) is 0 Å². The molecule has 0 aromatic carbocycles. The van der Waals surface area contributed by atoms with E-state index < -0.39 is 5.97 Å². The fourth-order valence-electron chi connectivity index (χ4n) is 1.89. The Balaban J connectivity index is 2.31. The Labute approximate surface area is 86.1 Å². The Morgan fingerprint density at radius 3 is 2.50 bits per heavy atom. The van der Waals surface area contributed by atoms with Gasteiger partial charge < -0.3 is 5.11 Å². The molecule has 0 aliphatic carbocycles. The van der Waals surface area contributed by atoms with Crippen LogP contribution in [0.1, 0.15) is 40.0 Å². The van der Waals surface area contributed by atoms with Gasteiger partial charge in [-0.25, -0.2) is 0 Å². The lowest BCUT2D eigenvalue weighted by atomic mass is 9.87. The summed E-state index contributed by atoms with van der Waals surface area (Å²) >= 11 is 0. The third-order valence-electron chi connectivity index (χ3n) is 3.34. The quantitative estimate of drug-likeness (QED) is 0.736. The van der Waals surface area contributed by atoms with E-state index >= 15 is 0 Å². The number of aliphatic carboxylic acids is 1. The fraction of sp³-hybridized carbons (Fsp3) is 0.909. The molecule has 14 heavy (non-hydrogen) atoms. The highest BCUT2D eigenvalue weighted by Gasteiger charge is 2.36. The van der Waals surface area contributed by atoms with E-state index in [-0.39, 0.29) is 12.0 Å². The summed E-state index contributed by atoms with van der Waals surface area (Å²) in [7, 11) is 0. The van der Waals surface area contributed by atoms with Crippen molar-refractivity contribution in [3.8, 4) is 0 Å². The first-order valence-electron chi connectivity index (χ1n) is 5.42. The van der Waals surface area contributed by atoms with Gasteiger partial charge in [-0.1, -0.05) is 13.3 Å². The first kappa shape index (κ1) is 11.5. The number of carboxylic acids is 1. The van der Waals surface area contributed by atoms with E-state index in [1.165, 1.54) is 6.42 Å². The predicted molar refractivity (Wildman–Crippen MR) is 56.3 cm³/mol. The van der Waals surface area contributed by atoms with Crippen LogP contribution >= 0.6 is 0 Å². The number of nitrogens with zero attached hydrogens (tertiary/aromatic N) is 1. The highest BCUT2D eigenvalue weighted by atomic mass is 16.4. The van der Waals surface area contributed by atoms with Crippen molar-refractivity contribution in [1.29, 1.82) is 0 Å². The maximum absolute atomic E-state index is 10.5. The van der Waals surface area contributed by atoms with Crippen LogP contribution in [0.25, 0.3) is 0 Å². The summed E-state index contributed by atoms with van der Waals surface area (Å²) in [6.45, 7) is 8.78. The minimum atomic E-state index is -0.689. The SMILES string of the molecule is CCC1CN(C(C)(C)CCC(=O)O)C1. The summed E-state index contributed by atoms with van der Waals surface area (Å²) in [5.41, 5.74) is 0.0596. The van der Waals surface area contributed by atoms with E-state index in [0.29, 0.717) is 0 Å². The van der Waals surface area contributed by atoms with Crippen LogP contribution in [0.4, 0.5) is 0 Å². The van der Waals surface area contributed by atoms with Crippen LogP contribution in [-0.2, 0) is 4.79 Å². The Bertz CT molecular complexity index is 207. The molecule has 0 atom stereocenters. The zero-order chi connectivity index (χ0) is 10.8. The second kappa shape index (κ2) is 4.30. The second-order valence-electron chi connectivity index (χ2n) is 4.89. The van der Waals surface area contributed by atoms with Crippen molar-refractivity contribution < 1.29 is 9.90 Å². The topological polar surface area (TPSA) is 40.5 Å². The van der Waals surface area contributed by atoms with Gasteiger partial charge in [-0.15, -0.1) is 0 Å². The molecular formula is C11H21NO2. The van der Waals surface area contributed by atoms with E-state index in [1.54, 1.807) is 0 Å². The van der Waals surface area contributed by atoms with Gasteiger partial charge in [-0.05, 0) is 26.2 Å². The summed E-state index contributed by atoms with van der Waals surface area (Å²) in [5.74, 6) is 0.143. The van der Waals surface area contributed by atoms with Crippen LogP contribution in [0.5, 0.6) is 0 Å². The Hall–Kier alpha value is -0.570. The summed E-state index contributed by atoms with van der Waals surface area (Å²) in [4.78, 5) is 12.9. The molecule has 0 aromatic heterocycles. The minimum absolute atomic E-state index is 0.0596. The smallest absolute Gasteiger partial charge is 0.303 e. The van der Waals surface area contributed by atoms with E-state index in [1.807, 2.05) is 0 Å². The highest BCUT2D eigenvalue weighted by Crippen LogP contribution is 2.30. The first-order chi connectivity index (χ1) is 6.45. The van der Waals surface area contributed by atoms with E-state index in [2.05, 4.69) is 25.7 Å². The van der Waals surface area contributed by atoms with Gasteiger partial charge in [0.2, 0.25) is 0 Å². The molecule has 0 amide bonds. The molecule has 0 radical (unpaired) electrons. The van der Waals surface area contributed by atoms with Crippen LogP contribution in [0.3, 0.4) is 0 Å². The second-order valence-corrected chi connectivity index (χ2v) is 4.89. The lowest BCUT2D eigenvalue weighted by Gasteiger charge is -2.49. The normalized spacial score (nSPS) is 19.4. The summed E-state index contributed by atoms with van der Waals surface area (Å²) in [6, 6.07) is 0. The zero-order valence-corrected chi connectivity index (χ0v) is 9.42. The number of hydrogen-bond acceptors (Lipinski definition) is 2. The molecule has 0 spiro atoms. The van der Waals surface area contributed by atoms with Crippen molar-refractivity contribution in [2.45, 2.75) is 45.6 Å². The number of rotatable bonds is 5. The number of carbonyl (C=O) groups is 1.